The summed E-state index contributed by atoms with van der Waals surface area (Å²) in [5.74, 6) is -3.80. The summed E-state index contributed by atoms with van der Waals surface area (Å²) in [4.78, 5) is 46.2. The number of ether oxygens (including phenoxy) is 2. The number of esters is 1. The molecule has 2 aromatic heterocycles. The predicted molar refractivity (Wildman–Crippen MR) is 144 cm³/mol. The average Bonchev–Trinajstić information content (AvgIpc) is 2.95. The number of rotatable bonds is 11. The first-order chi connectivity index (χ1) is 18.9. The summed E-state index contributed by atoms with van der Waals surface area (Å²) in [6.07, 6.45) is 3.26. The standard InChI is InChI=1S/C30H27N3O6/c1-20-14-23(12-13-31-20)24-16-26(29(32-17-24)38-19-27(34)35)33-28(36)25(15-21-8-4-2-5-9-21)30(37)39-18-22-10-6-3-7-11-22/h2-14,16-17,25H,15,18-19H2,1H3,(H,33,36)(H,34,35)/t25-/m0/s1. The molecule has 0 fully saturated rings. The van der Waals surface area contributed by atoms with E-state index in [2.05, 4.69) is 15.3 Å². The molecule has 1 amide bonds. The number of nitrogens with zero attached hydrogens (tertiary/aromatic N) is 2. The zero-order valence-electron chi connectivity index (χ0n) is 21.2. The van der Waals surface area contributed by atoms with E-state index in [-0.39, 0.29) is 24.6 Å². The Hall–Kier alpha value is -5.05. The van der Waals surface area contributed by atoms with Crippen LogP contribution in [-0.4, -0.2) is 39.5 Å². The number of nitrogens with one attached hydrogen (secondary N) is 1. The first-order valence-electron chi connectivity index (χ1n) is 12.2. The number of carboxylic acids is 1. The van der Waals surface area contributed by atoms with Crippen molar-refractivity contribution in [2.45, 2.75) is 20.0 Å². The van der Waals surface area contributed by atoms with Crippen molar-refractivity contribution in [1.82, 2.24) is 9.97 Å². The molecule has 4 aromatic rings. The van der Waals surface area contributed by atoms with Gasteiger partial charge in [0.05, 0.1) is 0 Å². The molecular formula is C30H27N3O6. The van der Waals surface area contributed by atoms with E-state index in [9.17, 15) is 14.4 Å². The van der Waals surface area contributed by atoms with E-state index in [1.807, 2.05) is 73.7 Å². The average molecular weight is 526 g/mol. The Morgan fingerprint density at radius 2 is 1.59 bits per heavy atom. The lowest BCUT2D eigenvalue weighted by atomic mass is 9.98. The minimum atomic E-state index is -1.20. The largest absolute Gasteiger partial charge is 0.479 e. The summed E-state index contributed by atoms with van der Waals surface area (Å²) in [6, 6.07) is 23.5. The summed E-state index contributed by atoms with van der Waals surface area (Å²) in [5.41, 5.74) is 3.91. The number of pyridine rings is 2. The molecule has 9 heteroatoms. The molecule has 2 N–H and O–H groups in total. The second-order valence-electron chi connectivity index (χ2n) is 8.77. The van der Waals surface area contributed by atoms with E-state index in [0.29, 0.717) is 5.56 Å². The van der Waals surface area contributed by atoms with Gasteiger partial charge in [0.25, 0.3) is 0 Å². The van der Waals surface area contributed by atoms with Gasteiger partial charge in [-0.25, -0.2) is 9.78 Å². The molecular weight excluding hydrogens is 498 g/mol. The highest BCUT2D eigenvalue weighted by atomic mass is 16.5. The molecule has 0 radical (unpaired) electrons. The van der Waals surface area contributed by atoms with Gasteiger partial charge in [0.15, 0.2) is 6.61 Å². The monoisotopic (exact) mass is 525 g/mol. The van der Waals surface area contributed by atoms with Crippen molar-refractivity contribution < 1.29 is 29.0 Å². The fourth-order valence-electron chi connectivity index (χ4n) is 3.85. The van der Waals surface area contributed by atoms with E-state index in [4.69, 9.17) is 14.6 Å². The highest BCUT2D eigenvalue weighted by Crippen LogP contribution is 2.29. The molecule has 198 valence electrons. The summed E-state index contributed by atoms with van der Waals surface area (Å²) in [6.45, 7) is 1.21. The van der Waals surface area contributed by atoms with E-state index in [0.717, 1.165) is 22.4 Å². The number of amides is 1. The molecule has 0 bridgehead atoms. The van der Waals surface area contributed by atoms with Crippen LogP contribution in [0.5, 0.6) is 5.88 Å². The number of aryl methyl sites for hydroxylation is 1. The van der Waals surface area contributed by atoms with Gasteiger partial charge < -0.3 is 19.9 Å². The number of carbonyl (C=O) groups excluding carboxylic acids is 2. The molecule has 4 rings (SSSR count). The number of anilines is 1. The molecule has 0 aliphatic rings. The highest BCUT2D eigenvalue weighted by molar-refractivity contribution is 6.05. The Labute approximate surface area is 225 Å². The van der Waals surface area contributed by atoms with Crippen molar-refractivity contribution in [3.63, 3.8) is 0 Å². The molecule has 9 nitrogen and oxygen atoms in total. The maximum Gasteiger partial charge on any atom is 0.341 e. The number of aromatic nitrogens is 2. The lowest BCUT2D eigenvalue weighted by Crippen LogP contribution is -2.33. The molecule has 39 heavy (non-hydrogen) atoms. The lowest BCUT2D eigenvalue weighted by Gasteiger charge is -2.18. The van der Waals surface area contributed by atoms with Gasteiger partial charge in [-0.15, -0.1) is 0 Å². The molecule has 0 saturated heterocycles. The van der Waals surface area contributed by atoms with Crippen LogP contribution in [0.3, 0.4) is 0 Å². The zero-order valence-corrected chi connectivity index (χ0v) is 21.2. The number of aliphatic carboxylic acids is 1. The number of carboxylic acid groups (broad SMARTS) is 1. The van der Waals surface area contributed by atoms with Crippen LogP contribution in [0.25, 0.3) is 11.1 Å². The molecule has 0 aliphatic heterocycles. The van der Waals surface area contributed by atoms with Crippen LogP contribution in [0.2, 0.25) is 0 Å². The van der Waals surface area contributed by atoms with Gasteiger partial charge in [0.1, 0.15) is 18.2 Å². The lowest BCUT2D eigenvalue weighted by molar-refractivity contribution is -0.152. The second-order valence-corrected chi connectivity index (χ2v) is 8.77. The van der Waals surface area contributed by atoms with Gasteiger partial charge in [0.2, 0.25) is 11.8 Å². The van der Waals surface area contributed by atoms with E-state index in [1.165, 1.54) is 6.20 Å². The molecule has 0 spiro atoms. The van der Waals surface area contributed by atoms with Crippen molar-refractivity contribution in [2.75, 3.05) is 11.9 Å². The fourth-order valence-corrected chi connectivity index (χ4v) is 3.85. The van der Waals surface area contributed by atoms with Crippen molar-refractivity contribution in [1.29, 1.82) is 0 Å². The van der Waals surface area contributed by atoms with Crippen LogP contribution >= 0.6 is 0 Å². The second kappa shape index (κ2) is 13.0. The molecule has 0 saturated carbocycles. The van der Waals surface area contributed by atoms with Crippen molar-refractivity contribution in [3.05, 3.63) is 108 Å². The zero-order chi connectivity index (χ0) is 27.6. The van der Waals surface area contributed by atoms with E-state index < -0.39 is 30.4 Å². The highest BCUT2D eigenvalue weighted by Gasteiger charge is 2.30. The number of hydrogen-bond acceptors (Lipinski definition) is 7. The van der Waals surface area contributed by atoms with Gasteiger partial charge in [-0.05, 0) is 48.2 Å². The van der Waals surface area contributed by atoms with Crippen LogP contribution in [0.4, 0.5) is 5.69 Å². The van der Waals surface area contributed by atoms with Crippen molar-refractivity contribution in [3.8, 4) is 17.0 Å². The normalized spacial score (nSPS) is 11.3. The number of benzene rings is 2. The Morgan fingerprint density at radius 1 is 0.897 bits per heavy atom. The van der Waals surface area contributed by atoms with Gasteiger partial charge in [-0.3, -0.25) is 14.6 Å². The third-order valence-corrected chi connectivity index (χ3v) is 5.78. The minimum Gasteiger partial charge on any atom is -0.479 e. The smallest absolute Gasteiger partial charge is 0.341 e. The van der Waals surface area contributed by atoms with E-state index in [1.54, 1.807) is 18.3 Å². The third-order valence-electron chi connectivity index (χ3n) is 5.78. The Bertz CT molecular complexity index is 1440. The first-order valence-corrected chi connectivity index (χ1v) is 12.2. The third kappa shape index (κ3) is 7.72. The van der Waals surface area contributed by atoms with Gasteiger partial charge in [0, 0.05) is 23.7 Å². The van der Waals surface area contributed by atoms with Crippen LogP contribution in [0.1, 0.15) is 16.8 Å². The molecule has 2 aromatic carbocycles. The fraction of sp³-hybridized carbons (Fsp3) is 0.167. The number of hydrogen-bond donors (Lipinski definition) is 2. The van der Waals surface area contributed by atoms with Crippen molar-refractivity contribution >= 4 is 23.5 Å². The Kier molecular flexibility index (Phi) is 8.97. The topological polar surface area (TPSA) is 128 Å². The van der Waals surface area contributed by atoms with Crippen LogP contribution in [0, 0.1) is 12.8 Å². The summed E-state index contributed by atoms with van der Waals surface area (Å²) in [7, 11) is 0. The minimum absolute atomic E-state index is 0.0175. The van der Waals surface area contributed by atoms with Crippen LogP contribution < -0.4 is 10.1 Å². The van der Waals surface area contributed by atoms with Gasteiger partial charge >= 0.3 is 11.9 Å². The van der Waals surface area contributed by atoms with Gasteiger partial charge in [-0.1, -0.05) is 60.7 Å². The summed E-state index contributed by atoms with van der Waals surface area (Å²) >= 11 is 0. The summed E-state index contributed by atoms with van der Waals surface area (Å²) < 4.78 is 10.8. The summed E-state index contributed by atoms with van der Waals surface area (Å²) in [5, 5.41) is 11.8. The Balaban J connectivity index is 1.61. The SMILES string of the molecule is Cc1cc(-c2cnc(OCC(=O)O)c(NC(=O)[C@H](Cc3ccccc3)C(=O)OCc3ccccc3)c2)ccn1. The molecule has 0 aliphatic carbocycles. The first kappa shape index (κ1) is 27.0. The van der Waals surface area contributed by atoms with E-state index >= 15 is 0 Å². The van der Waals surface area contributed by atoms with Crippen LogP contribution in [0.15, 0.2) is 91.3 Å². The maximum atomic E-state index is 13.5. The maximum absolute atomic E-state index is 13.5. The number of carbonyl (C=O) groups is 3. The van der Waals surface area contributed by atoms with Gasteiger partial charge in [-0.2, -0.15) is 0 Å². The predicted octanol–water partition coefficient (Wildman–Crippen LogP) is 4.46. The van der Waals surface area contributed by atoms with Crippen LogP contribution in [-0.2, 0) is 32.1 Å². The quantitative estimate of drug-likeness (QED) is 0.217. The van der Waals surface area contributed by atoms with Crippen molar-refractivity contribution in [2.24, 2.45) is 5.92 Å². The molecule has 1 atom stereocenters. The Morgan fingerprint density at radius 3 is 2.26 bits per heavy atom. The molecule has 0 unspecified atom stereocenters. The molecule has 2 heterocycles.